The first-order valence-electron chi connectivity index (χ1n) is 3.89. The minimum absolute atomic E-state index is 0.0781. The third-order valence-corrected chi connectivity index (χ3v) is 1.79. The van der Waals surface area contributed by atoms with E-state index in [1.807, 2.05) is 0 Å². The number of nitrogen functional groups attached to an aromatic ring is 1. The molecule has 0 aliphatic heterocycles. The fourth-order valence-electron chi connectivity index (χ4n) is 1.10. The normalized spacial score (nSPS) is 10.8. The number of aromatic nitrogens is 4. The van der Waals surface area contributed by atoms with Crippen molar-refractivity contribution >= 4 is 5.95 Å². The van der Waals surface area contributed by atoms with Gasteiger partial charge < -0.3 is 5.73 Å². The van der Waals surface area contributed by atoms with Gasteiger partial charge in [-0.2, -0.15) is 4.68 Å². The molecule has 1 aromatic heterocycles. The van der Waals surface area contributed by atoms with E-state index in [1.165, 1.54) is 0 Å². The van der Waals surface area contributed by atoms with Crippen molar-refractivity contribution in [3.8, 4) is 5.69 Å². The first-order valence-corrected chi connectivity index (χ1v) is 3.89. The number of hydrogen-bond donors (Lipinski definition) is 1. The van der Waals surface area contributed by atoms with Gasteiger partial charge >= 0.3 is 0 Å². The Kier molecular flexibility index (Phi) is 2.22. The minimum Gasteiger partial charge on any atom is -0.366 e. The maximum absolute atomic E-state index is 13.2. The highest BCUT2D eigenvalue weighted by Crippen LogP contribution is 2.23. The highest BCUT2D eigenvalue weighted by atomic mass is 19.2. The maximum atomic E-state index is 13.2. The molecular weight excluding hydrogens is 230 g/mol. The van der Waals surface area contributed by atoms with E-state index in [2.05, 4.69) is 15.5 Å². The van der Waals surface area contributed by atoms with Gasteiger partial charge in [0.25, 0.3) is 0 Å². The Balaban J connectivity index is 2.79. The molecule has 9 heteroatoms. The second-order valence-corrected chi connectivity index (χ2v) is 2.77. The summed E-state index contributed by atoms with van der Waals surface area (Å²) in [6.45, 7) is 0. The van der Waals surface area contributed by atoms with Gasteiger partial charge in [-0.15, -0.1) is 0 Å². The van der Waals surface area contributed by atoms with Crippen LogP contribution in [-0.4, -0.2) is 20.2 Å². The lowest BCUT2D eigenvalue weighted by atomic mass is 10.2. The molecule has 0 atom stereocenters. The largest absolute Gasteiger partial charge is 0.366 e. The second-order valence-electron chi connectivity index (χ2n) is 2.77. The summed E-state index contributed by atoms with van der Waals surface area (Å²) in [5.74, 6) is -6.88. The van der Waals surface area contributed by atoms with E-state index in [0.717, 1.165) is 0 Å². The topological polar surface area (TPSA) is 69.6 Å². The van der Waals surface area contributed by atoms with Gasteiger partial charge in [-0.05, 0) is 10.4 Å². The van der Waals surface area contributed by atoms with Gasteiger partial charge in [0.15, 0.2) is 23.3 Å². The van der Waals surface area contributed by atoms with E-state index < -0.39 is 34.9 Å². The number of hydrogen-bond acceptors (Lipinski definition) is 4. The Morgan fingerprint density at radius 1 is 1.06 bits per heavy atom. The first kappa shape index (κ1) is 10.3. The highest BCUT2D eigenvalue weighted by Gasteiger charge is 2.23. The van der Waals surface area contributed by atoms with Crippen LogP contribution in [0.2, 0.25) is 0 Å². The molecule has 16 heavy (non-hydrogen) atoms. The van der Waals surface area contributed by atoms with Crippen LogP contribution in [0.3, 0.4) is 0 Å². The van der Waals surface area contributed by atoms with E-state index >= 15 is 0 Å². The Labute approximate surface area is 85.5 Å². The monoisotopic (exact) mass is 233 g/mol. The molecule has 0 unspecified atom stereocenters. The van der Waals surface area contributed by atoms with Crippen LogP contribution in [0.25, 0.3) is 5.69 Å². The molecule has 5 nitrogen and oxygen atoms in total. The summed E-state index contributed by atoms with van der Waals surface area (Å²) in [5, 5.41) is 9.24. The van der Waals surface area contributed by atoms with Crippen molar-refractivity contribution in [2.75, 3.05) is 5.73 Å². The van der Waals surface area contributed by atoms with Gasteiger partial charge in [-0.25, -0.2) is 17.6 Å². The first-order chi connectivity index (χ1) is 7.52. The molecule has 0 radical (unpaired) electrons. The van der Waals surface area contributed by atoms with Crippen molar-refractivity contribution < 1.29 is 17.6 Å². The Morgan fingerprint density at radius 3 is 2.06 bits per heavy atom. The molecule has 0 spiro atoms. The summed E-state index contributed by atoms with van der Waals surface area (Å²) in [5.41, 5.74) is 4.06. The average Bonchev–Trinajstić information content (AvgIpc) is 2.63. The van der Waals surface area contributed by atoms with Crippen LogP contribution < -0.4 is 5.73 Å². The average molecular weight is 233 g/mol. The van der Waals surface area contributed by atoms with Crippen molar-refractivity contribution in [3.63, 3.8) is 0 Å². The van der Waals surface area contributed by atoms with Crippen LogP contribution in [-0.2, 0) is 0 Å². The molecule has 2 N–H and O–H groups in total. The Hall–Kier alpha value is -2.19. The van der Waals surface area contributed by atoms with Crippen LogP contribution >= 0.6 is 0 Å². The fraction of sp³-hybridized carbons (Fsp3) is 0. The molecule has 84 valence electrons. The molecular formula is C7H3F4N5. The molecule has 2 aromatic rings. The summed E-state index contributed by atoms with van der Waals surface area (Å²) < 4.78 is 52.5. The number of tetrazole rings is 1. The smallest absolute Gasteiger partial charge is 0.245 e. The lowest BCUT2D eigenvalue weighted by Crippen LogP contribution is -2.10. The third-order valence-electron chi connectivity index (χ3n) is 1.79. The van der Waals surface area contributed by atoms with Crippen LogP contribution in [0, 0.1) is 23.3 Å². The number of nitrogens with two attached hydrogens (primary N) is 1. The van der Waals surface area contributed by atoms with E-state index in [0.29, 0.717) is 4.68 Å². The number of anilines is 1. The molecule has 0 saturated carbocycles. The number of nitrogens with zero attached hydrogens (tertiary/aromatic N) is 4. The number of benzene rings is 1. The van der Waals surface area contributed by atoms with Crippen molar-refractivity contribution in [3.05, 3.63) is 29.3 Å². The van der Waals surface area contributed by atoms with Gasteiger partial charge in [-0.3, -0.25) is 0 Å². The minimum atomic E-state index is -1.63. The lowest BCUT2D eigenvalue weighted by molar-refractivity contribution is 0.443. The van der Waals surface area contributed by atoms with E-state index in [1.54, 1.807) is 0 Å². The standard InChI is InChI=1S/C7H3F4N5/c8-2-1-3(9)5(11)6(4(2)10)16-7(12)13-14-15-16/h1H,(H2,12,13,15). The third kappa shape index (κ3) is 1.36. The zero-order valence-corrected chi connectivity index (χ0v) is 7.46. The Morgan fingerprint density at radius 2 is 1.62 bits per heavy atom. The van der Waals surface area contributed by atoms with Crippen molar-refractivity contribution in [1.29, 1.82) is 0 Å². The SMILES string of the molecule is Nc1nnnn1-c1c(F)c(F)cc(F)c1F. The molecule has 0 aliphatic rings. The quantitative estimate of drug-likeness (QED) is 0.584. The molecule has 0 saturated heterocycles. The summed E-state index contributed by atoms with van der Waals surface area (Å²) in [4.78, 5) is 0. The second kappa shape index (κ2) is 3.43. The van der Waals surface area contributed by atoms with Gasteiger partial charge in [0.05, 0.1) is 0 Å². The predicted octanol–water partition coefficient (Wildman–Crippen LogP) is 0.801. The summed E-state index contributed by atoms with van der Waals surface area (Å²) in [6.07, 6.45) is 0. The van der Waals surface area contributed by atoms with Crippen molar-refractivity contribution in [2.24, 2.45) is 0 Å². The van der Waals surface area contributed by atoms with Gasteiger partial charge in [0, 0.05) is 6.07 Å². The zero-order chi connectivity index (χ0) is 11.9. The number of rotatable bonds is 1. The van der Waals surface area contributed by atoms with E-state index in [9.17, 15) is 17.6 Å². The van der Waals surface area contributed by atoms with Gasteiger partial charge in [-0.1, -0.05) is 5.10 Å². The molecule has 0 bridgehead atoms. The summed E-state index contributed by atoms with van der Waals surface area (Å²) in [7, 11) is 0. The van der Waals surface area contributed by atoms with Crippen molar-refractivity contribution in [1.82, 2.24) is 20.2 Å². The van der Waals surface area contributed by atoms with E-state index in [-0.39, 0.29) is 6.07 Å². The fourth-order valence-corrected chi connectivity index (χ4v) is 1.10. The van der Waals surface area contributed by atoms with Crippen LogP contribution in [0.4, 0.5) is 23.5 Å². The Bertz CT molecular complexity index is 526. The lowest BCUT2D eigenvalue weighted by Gasteiger charge is -2.06. The van der Waals surface area contributed by atoms with Crippen LogP contribution in [0.15, 0.2) is 6.07 Å². The van der Waals surface area contributed by atoms with E-state index in [4.69, 9.17) is 5.73 Å². The highest BCUT2D eigenvalue weighted by molar-refractivity contribution is 5.40. The molecule has 1 heterocycles. The summed E-state index contributed by atoms with van der Waals surface area (Å²) in [6, 6.07) is 0.0781. The molecule has 2 rings (SSSR count). The van der Waals surface area contributed by atoms with Gasteiger partial charge in [0.2, 0.25) is 5.95 Å². The molecule has 0 aliphatic carbocycles. The maximum Gasteiger partial charge on any atom is 0.245 e. The zero-order valence-electron chi connectivity index (χ0n) is 7.46. The predicted molar refractivity (Wildman–Crippen MR) is 43.4 cm³/mol. The number of halogens is 4. The van der Waals surface area contributed by atoms with Crippen LogP contribution in [0.5, 0.6) is 0 Å². The molecule has 1 aromatic carbocycles. The molecule has 0 fully saturated rings. The van der Waals surface area contributed by atoms with Crippen molar-refractivity contribution in [2.45, 2.75) is 0 Å². The summed E-state index contributed by atoms with van der Waals surface area (Å²) >= 11 is 0. The molecule has 0 amide bonds. The van der Waals surface area contributed by atoms with Gasteiger partial charge in [0.1, 0.15) is 5.69 Å². The van der Waals surface area contributed by atoms with Crippen LogP contribution in [0.1, 0.15) is 0 Å².